The number of halogens is 2. The lowest BCUT2D eigenvalue weighted by atomic mass is 10.0. The molecule has 0 aliphatic heterocycles. The first-order valence-electron chi connectivity index (χ1n) is 12.2. The number of ether oxygens (including phenoxy) is 1. The number of benzene rings is 3. The van der Waals surface area contributed by atoms with Gasteiger partial charge in [-0.2, -0.15) is 0 Å². The third kappa shape index (κ3) is 7.01. The number of carbonyl (C=O) groups is 2. The van der Waals surface area contributed by atoms with Crippen molar-refractivity contribution in [2.24, 2.45) is 0 Å². The lowest BCUT2D eigenvalue weighted by molar-refractivity contribution is -0.139. The zero-order valence-electron chi connectivity index (χ0n) is 21.3. The number of nitrogens with one attached hydrogen (secondary N) is 2. The van der Waals surface area contributed by atoms with Crippen LogP contribution in [0.25, 0.3) is 11.3 Å². The Balaban J connectivity index is 1.40. The van der Waals surface area contributed by atoms with E-state index < -0.39 is 30.0 Å². The predicted molar refractivity (Wildman–Crippen MR) is 145 cm³/mol. The zero-order chi connectivity index (χ0) is 27.9. The van der Waals surface area contributed by atoms with E-state index in [-0.39, 0.29) is 13.0 Å². The molecule has 39 heavy (non-hydrogen) atoms. The first kappa shape index (κ1) is 27.8. The van der Waals surface area contributed by atoms with E-state index in [0.29, 0.717) is 38.9 Å². The summed E-state index contributed by atoms with van der Waals surface area (Å²) in [4.78, 5) is 24.3. The maximum atomic E-state index is 14.0. The van der Waals surface area contributed by atoms with Crippen molar-refractivity contribution < 1.29 is 28.3 Å². The third-order valence-electron chi connectivity index (χ3n) is 6.17. The first-order chi connectivity index (χ1) is 18.7. The molecule has 0 aliphatic rings. The number of anilines is 1. The number of rotatable bonds is 10. The Hall–Kier alpha value is -4.21. The molecule has 1 heterocycles. The standard InChI is InChI=1S/C29H27ClFN3O5/c1-17-26(33-29(37)38-18(2)22-8-4-5-9-23(22)30)27(39-34-17)20-13-11-19(12-14-20)16-32-25(28(35)36)15-21-7-3-6-10-24(21)31/h3-14,18,25,32H,15-16H2,1-2H3,(H,33,37)(H,35,36). The van der Waals surface area contributed by atoms with Gasteiger partial charge in [-0.05, 0) is 37.1 Å². The van der Waals surface area contributed by atoms with E-state index >= 15 is 0 Å². The SMILES string of the molecule is Cc1noc(-c2ccc(CNC(Cc3ccccc3F)C(=O)O)cc2)c1NC(=O)OC(C)c1ccccc1Cl. The lowest BCUT2D eigenvalue weighted by Gasteiger charge is -2.16. The largest absolute Gasteiger partial charge is 0.480 e. The summed E-state index contributed by atoms with van der Waals surface area (Å²) >= 11 is 6.20. The number of nitrogens with zero attached hydrogens (tertiary/aromatic N) is 1. The molecule has 8 nitrogen and oxygen atoms in total. The van der Waals surface area contributed by atoms with Crippen LogP contribution in [-0.2, 0) is 22.5 Å². The van der Waals surface area contributed by atoms with Gasteiger partial charge in [0, 0.05) is 29.1 Å². The summed E-state index contributed by atoms with van der Waals surface area (Å²) in [5.41, 5.74) is 3.30. The molecule has 0 radical (unpaired) electrons. The summed E-state index contributed by atoms with van der Waals surface area (Å²) in [7, 11) is 0. The minimum Gasteiger partial charge on any atom is -0.480 e. The molecule has 0 fully saturated rings. The fourth-order valence-electron chi connectivity index (χ4n) is 4.02. The fraction of sp³-hybridized carbons (Fsp3) is 0.207. The summed E-state index contributed by atoms with van der Waals surface area (Å²) in [6.07, 6.45) is -1.26. The molecule has 2 unspecified atom stereocenters. The molecule has 1 amide bonds. The Morgan fingerprint density at radius 3 is 2.46 bits per heavy atom. The Morgan fingerprint density at radius 2 is 1.77 bits per heavy atom. The van der Waals surface area contributed by atoms with Crippen LogP contribution >= 0.6 is 11.6 Å². The summed E-state index contributed by atoms with van der Waals surface area (Å²) in [5.74, 6) is -1.17. The van der Waals surface area contributed by atoms with E-state index in [1.807, 2.05) is 6.07 Å². The minimum absolute atomic E-state index is 0.0116. The van der Waals surface area contributed by atoms with Crippen molar-refractivity contribution in [2.45, 2.75) is 39.0 Å². The van der Waals surface area contributed by atoms with Gasteiger partial charge >= 0.3 is 12.1 Å². The maximum Gasteiger partial charge on any atom is 0.412 e. The molecule has 2 atom stereocenters. The number of carboxylic acid groups (broad SMARTS) is 1. The number of carbonyl (C=O) groups excluding carboxylic acids is 1. The van der Waals surface area contributed by atoms with Crippen LogP contribution < -0.4 is 10.6 Å². The van der Waals surface area contributed by atoms with E-state index in [1.54, 1.807) is 74.5 Å². The van der Waals surface area contributed by atoms with Gasteiger partial charge in [0.25, 0.3) is 0 Å². The van der Waals surface area contributed by atoms with Crippen molar-refractivity contribution in [3.05, 3.63) is 106 Å². The molecular weight excluding hydrogens is 525 g/mol. The van der Waals surface area contributed by atoms with Gasteiger partial charge in [0.1, 0.15) is 29.3 Å². The van der Waals surface area contributed by atoms with Gasteiger partial charge in [-0.15, -0.1) is 0 Å². The maximum absolute atomic E-state index is 14.0. The number of aromatic nitrogens is 1. The lowest BCUT2D eigenvalue weighted by Crippen LogP contribution is -2.38. The van der Waals surface area contributed by atoms with Crippen LogP contribution in [0, 0.1) is 12.7 Å². The third-order valence-corrected chi connectivity index (χ3v) is 6.51. The van der Waals surface area contributed by atoms with E-state index in [0.717, 1.165) is 5.56 Å². The van der Waals surface area contributed by atoms with Crippen LogP contribution in [0.15, 0.2) is 77.3 Å². The van der Waals surface area contributed by atoms with Crippen LogP contribution in [-0.4, -0.2) is 28.4 Å². The van der Waals surface area contributed by atoms with Gasteiger partial charge < -0.3 is 19.7 Å². The van der Waals surface area contributed by atoms with Crippen molar-refractivity contribution >= 4 is 29.4 Å². The average Bonchev–Trinajstić information content (AvgIpc) is 3.27. The molecule has 0 spiro atoms. The second kappa shape index (κ2) is 12.6. The van der Waals surface area contributed by atoms with E-state index in [9.17, 15) is 19.1 Å². The highest BCUT2D eigenvalue weighted by atomic mass is 35.5. The second-order valence-corrected chi connectivity index (χ2v) is 9.34. The topological polar surface area (TPSA) is 114 Å². The Morgan fingerprint density at radius 1 is 1.08 bits per heavy atom. The summed E-state index contributed by atoms with van der Waals surface area (Å²) in [6.45, 7) is 3.67. The fourth-order valence-corrected chi connectivity index (χ4v) is 4.31. The van der Waals surface area contributed by atoms with E-state index in [1.165, 1.54) is 6.07 Å². The van der Waals surface area contributed by atoms with Gasteiger partial charge in [0.15, 0.2) is 5.76 Å². The molecule has 0 saturated heterocycles. The van der Waals surface area contributed by atoms with Crippen LogP contribution in [0.3, 0.4) is 0 Å². The molecule has 0 saturated carbocycles. The van der Waals surface area contributed by atoms with Crippen molar-refractivity contribution in [3.63, 3.8) is 0 Å². The normalized spacial score (nSPS) is 12.5. The van der Waals surface area contributed by atoms with Gasteiger partial charge in [-0.3, -0.25) is 10.1 Å². The average molecular weight is 552 g/mol. The molecule has 10 heteroatoms. The monoisotopic (exact) mass is 551 g/mol. The smallest absolute Gasteiger partial charge is 0.412 e. The van der Waals surface area contributed by atoms with Crippen molar-refractivity contribution in [3.8, 4) is 11.3 Å². The Labute approximate surface area is 229 Å². The molecule has 3 N–H and O–H groups in total. The molecule has 4 rings (SSSR count). The van der Waals surface area contributed by atoms with Crippen LogP contribution in [0.4, 0.5) is 14.9 Å². The molecule has 3 aromatic carbocycles. The molecule has 1 aromatic heterocycles. The highest BCUT2D eigenvalue weighted by molar-refractivity contribution is 6.31. The van der Waals surface area contributed by atoms with Crippen molar-refractivity contribution in [1.82, 2.24) is 10.5 Å². The number of aliphatic carboxylic acids is 1. The quantitative estimate of drug-likeness (QED) is 0.205. The summed E-state index contributed by atoms with van der Waals surface area (Å²) < 4.78 is 24.9. The minimum atomic E-state index is -1.07. The number of aryl methyl sites for hydroxylation is 1. The van der Waals surface area contributed by atoms with Crippen LogP contribution in [0.5, 0.6) is 0 Å². The van der Waals surface area contributed by atoms with E-state index in [2.05, 4.69) is 15.8 Å². The summed E-state index contributed by atoms with van der Waals surface area (Å²) in [6, 6.07) is 19.4. The molecule has 0 aliphatic carbocycles. The number of hydrogen-bond donors (Lipinski definition) is 3. The van der Waals surface area contributed by atoms with Crippen LogP contribution in [0.1, 0.15) is 35.4 Å². The zero-order valence-corrected chi connectivity index (χ0v) is 22.0. The van der Waals surface area contributed by atoms with Crippen molar-refractivity contribution in [2.75, 3.05) is 5.32 Å². The van der Waals surface area contributed by atoms with Crippen LogP contribution in [0.2, 0.25) is 5.02 Å². The number of amides is 1. The van der Waals surface area contributed by atoms with Gasteiger partial charge in [-0.25, -0.2) is 9.18 Å². The Kier molecular flexibility index (Phi) is 8.96. The van der Waals surface area contributed by atoms with Gasteiger partial charge in [0.2, 0.25) is 0 Å². The first-order valence-corrected chi connectivity index (χ1v) is 12.6. The summed E-state index contributed by atoms with van der Waals surface area (Å²) in [5, 5.41) is 19.7. The number of carboxylic acids is 1. The van der Waals surface area contributed by atoms with Crippen molar-refractivity contribution in [1.29, 1.82) is 0 Å². The predicted octanol–water partition coefficient (Wildman–Crippen LogP) is 6.54. The second-order valence-electron chi connectivity index (χ2n) is 8.93. The Bertz CT molecular complexity index is 1460. The molecule has 202 valence electrons. The molecule has 4 aromatic rings. The number of hydrogen-bond acceptors (Lipinski definition) is 6. The molecular formula is C29H27ClFN3O5. The highest BCUT2D eigenvalue weighted by Crippen LogP contribution is 2.32. The van der Waals surface area contributed by atoms with E-state index in [4.69, 9.17) is 20.9 Å². The highest BCUT2D eigenvalue weighted by Gasteiger charge is 2.22. The molecule has 0 bridgehead atoms. The van der Waals surface area contributed by atoms with Gasteiger partial charge in [0.05, 0.1) is 0 Å². The van der Waals surface area contributed by atoms with Gasteiger partial charge in [-0.1, -0.05) is 77.4 Å².